The number of nitrogens with zero attached hydrogens (tertiary/aromatic N) is 2. The molecule has 0 bridgehead atoms. The Balaban J connectivity index is 1.62. The number of hydrogen-bond donors (Lipinski definition) is 0. The largest absolute Gasteiger partial charge is 0.342 e. The maximum absolute atomic E-state index is 14.1. The molecular weight excluding hydrogens is 387 g/mol. The summed E-state index contributed by atoms with van der Waals surface area (Å²) >= 11 is 1.78. The predicted octanol–water partition coefficient (Wildman–Crippen LogP) is 4.80. The highest BCUT2D eigenvalue weighted by Gasteiger charge is 2.47. The summed E-state index contributed by atoms with van der Waals surface area (Å²) in [5, 5.41) is 0. The molecule has 29 heavy (non-hydrogen) atoms. The van der Waals surface area contributed by atoms with Crippen molar-refractivity contribution in [2.75, 3.05) is 25.4 Å². The second-order valence-electron chi connectivity index (χ2n) is 9.69. The highest BCUT2D eigenvalue weighted by molar-refractivity contribution is 8.00. The number of piperidine rings is 1. The Morgan fingerprint density at radius 1 is 1.17 bits per heavy atom. The van der Waals surface area contributed by atoms with E-state index in [1.54, 1.807) is 30.0 Å². The molecule has 1 spiro atoms. The van der Waals surface area contributed by atoms with Crippen LogP contribution >= 0.6 is 11.8 Å². The van der Waals surface area contributed by atoms with Crippen LogP contribution in [0.4, 0.5) is 4.39 Å². The average Bonchev–Trinajstić information content (AvgIpc) is 3.03. The maximum atomic E-state index is 14.1. The van der Waals surface area contributed by atoms with Crippen molar-refractivity contribution in [3.8, 4) is 0 Å². The SMILES string of the molecule is C[C@H](CC(=O)N1CCC2(CC1)SCCN2C(=O)c1ccccc1F)CC(C)(C)C. The van der Waals surface area contributed by atoms with Crippen molar-refractivity contribution >= 4 is 23.6 Å². The molecule has 2 heterocycles. The fraction of sp³-hybridized carbons (Fsp3) is 0.652. The van der Waals surface area contributed by atoms with E-state index in [1.807, 2.05) is 9.80 Å². The lowest BCUT2D eigenvalue weighted by Gasteiger charge is -2.44. The lowest BCUT2D eigenvalue weighted by atomic mass is 9.84. The van der Waals surface area contributed by atoms with E-state index in [9.17, 15) is 14.0 Å². The van der Waals surface area contributed by atoms with Gasteiger partial charge in [0, 0.05) is 31.8 Å². The summed E-state index contributed by atoms with van der Waals surface area (Å²) < 4.78 is 14.1. The Bertz CT molecular complexity index is 753. The maximum Gasteiger partial charge on any atom is 0.257 e. The number of rotatable bonds is 4. The Morgan fingerprint density at radius 2 is 1.83 bits per heavy atom. The molecule has 2 aliphatic heterocycles. The first-order valence-corrected chi connectivity index (χ1v) is 11.6. The number of carbonyl (C=O) groups excluding carboxylic acids is 2. The summed E-state index contributed by atoms with van der Waals surface area (Å²) in [6.07, 6.45) is 3.10. The van der Waals surface area contributed by atoms with Crippen LogP contribution < -0.4 is 0 Å². The number of thioether (sulfide) groups is 1. The smallest absolute Gasteiger partial charge is 0.257 e. The minimum Gasteiger partial charge on any atom is -0.342 e. The van der Waals surface area contributed by atoms with Gasteiger partial charge >= 0.3 is 0 Å². The third kappa shape index (κ3) is 5.14. The first kappa shape index (κ1) is 22.1. The Labute approximate surface area is 178 Å². The Morgan fingerprint density at radius 3 is 2.45 bits per heavy atom. The fourth-order valence-electron chi connectivity index (χ4n) is 4.74. The van der Waals surface area contributed by atoms with Gasteiger partial charge in [-0.1, -0.05) is 39.8 Å². The molecule has 6 heteroatoms. The van der Waals surface area contributed by atoms with Crippen molar-refractivity contribution in [2.45, 2.75) is 58.2 Å². The zero-order valence-corrected chi connectivity index (χ0v) is 18.9. The van der Waals surface area contributed by atoms with Gasteiger partial charge in [-0.2, -0.15) is 0 Å². The summed E-state index contributed by atoms with van der Waals surface area (Å²) in [5.41, 5.74) is 0.364. The van der Waals surface area contributed by atoms with Crippen molar-refractivity contribution in [3.63, 3.8) is 0 Å². The van der Waals surface area contributed by atoms with E-state index in [1.165, 1.54) is 6.07 Å². The van der Waals surface area contributed by atoms with Crippen LogP contribution in [0.1, 0.15) is 63.7 Å². The summed E-state index contributed by atoms with van der Waals surface area (Å²) in [6, 6.07) is 6.20. The highest BCUT2D eigenvalue weighted by atomic mass is 32.2. The minimum atomic E-state index is -0.468. The summed E-state index contributed by atoms with van der Waals surface area (Å²) in [4.78, 5) is 29.3. The predicted molar refractivity (Wildman–Crippen MR) is 116 cm³/mol. The third-order valence-electron chi connectivity index (χ3n) is 5.91. The molecule has 1 atom stereocenters. The number of carbonyl (C=O) groups is 2. The molecular formula is C23H33FN2O2S. The van der Waals surface area contributed by atoms with E-state index in [2.05, 4.69) is 27.7 Å². The van der Waals surface area contributed by atoms with Crippen molar-refractivity contribution in [1.82, 2.24) is 9.80 Å². The van der Waals surface area contributed by atoms with Crippen molar-refractivity contribution in [3.05, 3.63) is 35.6 Å². The third-order valence-corrected chi connectivity index (χ3v) is 7.46. The molecule has 2 aliphatic rings. The molecule has 2 saturated heterocycles. The average molecular weight is 421 g/mol. The van der Waals surface area contributed by atoms with Gasteiger partial charge in [0.25, 0.3) is 5.91 Å². The van der Waals surface area contributed by atoms with Crippen LogP contribution in [0.5, 0.6) is 0 Å². The van der Waals surface area contributed by atoms with Gasteiger partial charge in [0.1, 0.15) is 5.82 Å². The molecule has 1 aromatic carbocycles. The first-order chi connectivity index (χ1) is 13.6. The number of likely N-dealkylation sites (tertiary alicyclic amines) is 1. The van der Waals surface area contributed by atoms with Gasteiger partial charge in [-0.3, -0.25) is 9.59 Å². The molecule has 1 aromatic rings. The van der Waals surface area contributed by atoms with E-state index < -0.39 is 5.82 Å². The molecule has 3 rings (SSSR count). The van der Waals surface area contributed by atoms with Gasteiger partial charge in [-0.05, 0) is 42.7 Å². The minimum absolute atomic E-state index is 0.142. The van der Waals surface area contributed by atoms with Crippen molar-refractivity contribution in [1.29, 1.82) is 0 Å². The van der Waals surface area contributed by atoms with Gasteiger partial charge < -0.3 is 9.80 Å². The van der Waals surface area contributed by atoms with Crippen LogP contribution in [0.25, 0.3) is 0 Å². The highest BCUT2D eigenvalue weighted by Crippen LogP contribution is 2.44. The zero-order valence-electron chi connectivity index (χ0n) is 18.0. The second kappa shape index (κ2) is 8.66. The van der Waals surface area contributed by atoms with E-state index in [0.717, 1.165) is 25.0 Å². The van der Waals surface area contributed by atoms with Crippen LogP contribution in [-0.4, -0.2) is 51.9 Å². The van der Waals surface area contributed by atoms with Crippen LogP contribution in [-0.2, 0) is 4.79 Å². The molecule has 0 saturated carbocycles. The van der Waals surface area contributed by atoms with Gasteiger partial charge in [-0.15, -0.1) is 11.8 Å². The summed E-state index contributed by atoms with van der Waals surface area (Å²) in [6.45, 7) is 10.7. The van der Waals surface area contributed by atoms with Gasteiger partial charge in [0.2, 0.25) is 5.91 Å². The van der Waals surface area contributed by atoms with Gasteiger partial charge in [0.15, 0.2) is 0 Å². The van der Waals surface area contributed by atoms with Gasteiger partial charge in [0.05, 0.1) is 10.4 Å². The number of hydrogen-bond acceptors (Lipinski definition) is 3. The zero-order chi connectivity index (χ0) is 21.2. The number of amides is 2. The summed E-state index contributed by atoms with van der Waals surface area (Å²) in [5.74, 6) is 0.734. The monoisotopic (exact) mass is 420 g/mol. The quantitative estimate of drug-likeness (QED) is 0.703. The Hall–Kier alpha value is -1.56. The Kier molecular flexibility index (Phi) is 6.61. The lowest BCUT2D eigenvalue weighted by Crippen LogP contribution is -2.53. The normalized spacial score (nSPS) is 20.2. The van der Waals surface area contributed by atoms with Crippen LogP contribution in [0, 0.1) is 17.2 Å². The number of benzene rings is 1. The molecule has 2 fully saturated rings. The molecule has 160 valence electrons. The number of halogens is 1. The van der Waals surface area contributed by atoms with E-state index in [-0.39, 0.29) is 27.7 Å². The molecule has 0 aliphatic carbocycles. The molecule has 0 radical (unpaired) electrons. The van der Waals surface area contributed by atoms with Crippen molar-refractivity contribution in [2.24, 2.45) is 11.3 Å². The summed E-state index contributed by atoms with van der Waals surface area (Å²) in [7, 11) is 0. The van der Waals surface area contributed by atoms with Gasteiger partial charge in [-0.25, -0.2) is 4.39 Å². The molecule has 4 nitrogen and oxygen atoms in total. The fourth-order valence-corrected chi connectivity index (χ4v) is 6.19. The van der Waals surface area contributed by atoms with E-state index >= 15 is 0 Å². The van der Waals surface area contributed by atoms with Crippen LogP contribution in [0.3, 0.4) is 0 Å². The van der Waals surface area contributed by atoms with Crippen LogP contribution in [0.2, 0.25) is 0 Å². The lowest BCUT2D eigenvalue weighted by molar-refractivity contribution is -0.133. The first-order valence-electron chi connectivity index (χ1n) is 10.6. The molecule has 0 N–H and O–H groups in total. The topological polar surface area (TPSA) is 40.6 Å². The molecule has 0 aromatic heterocycles. The molecule has 2 amide bonds. The van der Waals surface area contributed by atoms with E-state index in [4.69, 9.17) is 0 Å². The second-order valence-corrected chi connectivity index (χ2v) is 11.1. The van der Waals surface area contributed by atoms with E-state index in [0.29, 0.717) is 32.0 Å². The molecule has 0 unspecified atom stereocenters. The van der Waals surface area contributed by atoms with Crippen LogP contribution in [0.15, 0.2) is 24.3 Å². The van der Waals surface area contributed by atoms with Crippen molar-refractivity contribution < 1.29 is 14.0 Å². The standard InChI is InChI=1S/C23H33FN2O2S/c1-17(16-22(2,3)4)15-20(27)25-11-9-23(10-12-25)26(13-14-29-23)21(28)18-7-5-6-8-19(18)24/h5-8,17H,9-16H2,1-4H3/t17-/m1/s1.